The molecular weight excluding hydrogens is 242 g/mol. The van der Waals surface area contributed by atoms with E-state index in [0.717, 1.165) is 51.6 Å². The predicted octanol–water partition coefficient (Wildman–Crippen LogP) is 0.643. The Bertz CT molecular complexity index is 350. The van der Waals surface area contributed by atoms with Crippen LogP contribution in [0.3, 0.4) is 0 Å². The fourth-order valence-corrected chi connectivity index (χ4v) is 3.03. The van der Waals surface area contributed by atoms with Crippen LogP contribution in [-0.4, -0.2) is 47.7 Å². The van der Waals surface area contributed by atoms with Crippen LogP contribution in [0.4, 0.5) is 0 Å². The normalized spacial score (nSPS) is 24.0. The minimum absolute atomic E-state index is 0.0557. The quantitative estimate of drug-likeness (QED) is 0.732. The molecule has 1 heterocycles. The Labute approximate surface area is 114 Å². The number of aliphatic hydroxyl groups is 1. The Hall–Kier alpha value is -1.12. The third-order valence-corrected chi connectivity index (χ3v) is 4.21. The summed E-state index contributed by atoms with van der Waals surface area (Å²) in [5.74, 6) is 0.260. The summed E-state index contributed by atoms with van der Waals surface area (Å²) in [6, 6.07) is 2.33. The molecule has 5 heteroatoms. The molecule has 1 amide bonds. The molecule has 1 aliphatic heterocycles. The van der Waals surface area contributed by atoms with Gasteiger partial charge in [0.1, 0.15) is 5.54 Å². The minimum atomic E-state index is -0.644. The van der Waals surface area contributed by atoms with Gasteiger partial charge < -0.3 is 10.4 Å². The second-order valence-electron chi connectivity index (χ2n) is 5.90. The van der Waals surface area contributed by atoms with Gasteiger partial charge >= 0.3 is 0 Å². The number of nitrogens with zero attached hydrogens (tertiary/aromatic N) is 2. The standard InChI is InChI=1S/C14H23N3O2/c15-11-14(5-3-1-2-4-6-14)16-13(19)9-17-7-12(8-17)10-18/h12,18H,1-10H2,(H,16,19). The van der Waals surface area contributed by atoms with Gasteiger partial charge in [-0.15, -0.1) is 0 Å². The monoisotopic (exact) mass is 265 g/mol. The van der Waals surface area contributed by atoms with Gasteiger partial charge in [0.05, 0.1) is 12.6 Å². The highest BCUT2D eigenvalue weighted by atomic mass is 16.3. The first kappa shape index (κ1) is 14.3. The van der Waals surface area contributed by atoms with E-state index in [1.54, 1.807) is 0 Å². The summed E-state index contributed by atoms with van der Waals surface area (Å²) in [5, 5.41) is 21.3. The second kappa shape index (κ2) is 6.36. The van der Waals surface area contributed by atoms with E-state index in [9.17, 15) is 10.1 Å². The zero-order chi connectivity index (χ0) is 13.7. The zero-order valence-electron chi connectivity index (χ0n) is 11.4. The molecule has 2 aliphatic rings. The van der Waals surface area contributed by atoms with Crippen LogP contribution in [0, 0.1) is 17.2 Å². The number of amides is 1. The molecule has 0 aromatic heterocycles. The van der Waals surface area contributed by atoms with Crippen molar-refractivity contribution in [2.75, 3.05) is 26.2 Å². The Morgan fingerprint density at radius 1 is 1.32 bits per heavy atom. The van der Waals surface area contributed by atoms with Crippen molar-refractivity contribution in [2.45, 2.75) is 44.1 Å². The molecule has 0 aromatic carbocycles. The van der Waals surface area contributed by atoms with Crippen molar-refractivity contribution >= 4 is 5.91 Å². The topological polar surface area (TPSA) is 76.4 Å². The molecule has 1 aliphatic carbocycles. The Balaban J connectivity index is 1.81. The van der Waals surface area contributed by atoms with E-state index < -0.39 is 5.54 Å². The molecule has 2 rings (SSSR count). The van der Waals surface area contributed by atoms with Crippen LogP contribution in [0.25, 0.3) is 0 Å². The van der Waals surface area contributed by atoms with E-state index in [-0.39, 0.29) is 12.5 Å². The van der Waals surface area contributed by atoms with Crippen LogP contribution in [-0.2, 0) is 4.79 Å². The van der Waals surface area contributed by atoms with E-state index in [1.807, 2.05) is 4.90 Å². The van der Waals surface area contributed by atoms with Crippen LogP contribution >= 0.6 is 0 Å². The average Bonchev–Trinajstić information content (AvgIpc) is 2.59. The first-order chi connectivity index (χ1) is 9.17. The van der Waals surface area contributed by atoms with Gasteiger partial charge in [0.15, 0.2) is 0 Å². The van der Waals surface area contributed by atoms with Gasteiger partial charge in [-0.05, 0) is 12.8 Å². The number of likely N-dealkylation sites (tertiary alicyclic amines) is 1. The molecule has 2 fully saturated rings. The van der Waals surface area contributed by atoms with Crippen molar-refractivity contribution in [3.8, 4) is 6.07 Å². The molecule has 19 heavy (non-hydrogen) atoms. The molecular formula is C14H23N3O2. The summed E-state index contributed by atoms with van der Waals surface area (Å²) in [6.45, 7) is 2.10. The highest BCUT2D eigenvalue weighted by Crippen LogP contribution is 2.26. The Morgan fingerprint density at radius 3 is 2.47 bits per heavy atom. The van der Waals surface area contributed by atoms with Crippen molar-refractivity contribution in [2.24, 2.45) is 5.92 Å². The SMILES string of the molecule is N#CC1(NC(=O)CN2CC(CO)C2)CCCCCC1. The van der Waals surface area contributed by atoms with Crippen LogP contribution in [0.2, 0.25) is 0 Å². The Kier molecular flexibility index (Phi) is 4.78. The van der Waals surface area contributed by atoms with Crippen LogP contribution in [0.5, 0.6) is 0 Å². The highest BCUT2D eigenvalue weighted by Gasteiger charge is 2.34. The van der Waals surface area contributed by atoms with Gasteiger partial charge in [0, 0.05) is 25.6 Å². The first-order valence-corrected chi connectivity index (χ1v) is 7.23. The molecule has 1 saturated heterocycles. The van der Waals surface area contributed by atoms with Crippen LogP contribution in [0.1, 0.15) is 38.5 Å². The zero-order valence-corrected chi connectivity index (χ0v) is 11.4. The van der Waals surface area contributed by atoms with Gasteiger partial charge in [-0.3, -0.25) is 9.69 Å². The number of nitrogens with one attached hydrogen (secondary N) is 1. The number of aliphatic hydroxyl groups excluding tert-OH is 1. The smallest absolute Gasteiger partial charge is 0.235 e. The second-order valence-corrected chi connectivity index (χ2v) is 5.90. The number of nitriles is 1. The summed E-state index contributed by atoms with van der Waals surface area (Å²) in [7, 11) is 0. The lowest BCUT2D eigenvalue weighted by atomic mass is 9.91. The molecule has 0 spiro atoms. The maximum Gasteiger partial charge on any atom is 0.235 e. The van der Waals surface area contributed by atoms with Crippen molar-refractivity contribution in [3.63, 3.8) is 0 Å². The number of hydrogen-bond acceptors (Lipinski definition) is 4. The molecule has 0 aromatic rings. The fourth-order valence-electron chi connectivity index (χ4n) is 3.03. The summed E-state index contributed by atoms with van der Waals surface area (Å²) < 4.78 is 0. The predicted molar refractivity (Wildman–Crippen MR) is 71.2 cm³/mol. The lowest BCUT2D eigenvalue weighted by Gasteiger charge is -2.38. The van der Waals surface area contributed by atoms with Gasteiger partial charge in [0.25, 0.3) is 0 Å². The third kappa shape index (κ3) is 3.68. The van der Waals surface area contributed by atoms with E-state index >= 15 is 0 Å². The van der Waals surface area contributed by atoms with Gasteiger partial charge in [-0.1, -0.05) is 25.7 Å². The molecule has 1 saturated carbocycles. The highest BCUT2D eigenvalue weighted by molar-refractivity contribution is 5.79. The average molecular weight is 265 g/mol. The molecule has 0 radical (unpaired) electrons. The van der Waals surface area contributed by atoms with Crippen molar-refractivity contribution in [1.29, 1.82) is 5.26 Å². The number of hydrogen-bond donors (Lipinski definition) is 2. The summed E-state index contributed by atoms with van der Waals surface area (Å²) in [4.78, 5) is 14.0. The van der Waals surface area contributed by atoms with E-state index in [0.29, 0.717) is 12.5 Å². The van der Waals surface area contributed by atoms with Crippen LogP contribution in [0.15, 0.2) is 0 Å². The number of rotatable bonds is 4. The van der Waals surface area contributed by atoms with E-state index in [1.165, 1.54) is 0 Å². The lowest BCUT2D eigenvalue weighted by molar-refractivity contribution is -0.125. The third-order valence-electron chi connectivity index (χ3n) is 4.21. The first-order valence-electron chi connectivity index (χ1n) is 7.23. The number of carbonyl (C=O) groups is 1. The molecule has 106 valence electrons. The molecule has 0 unspecified atom stereocenters. The molecule has 0 atom stereocenters. The van der Waals surface area contributed by atoms with Crippen molar-refractivity contribution < 1.29 is 9.90 Å². The summed E-state index contributed by atoms with van der Waals surface area (Å²) in [5.41, 5.74) is -0.644. The van der Waals surface area contributed by atoms with Crippen molar-refractivity contribution in [3.05, 3.63) is 0 Å². The summed E-state index contributed by atoms with van der Waals surface area (Å²) >= 11 is 0. The minimum Gasteiger partial charge on any atom is -0.396 e. The maximum atomic E-state index is 12.0. The van der Waals surface area contributed by atoms with E-state index in [2.05, 4.69) is 11.4 Å². The Morgan fingerprint density at radius 2 is 1.95 bits per heavy atom. The number of carbonyl (C=O) groups excluding carboxylic acids is 1. The molecule has 0 bridgehead atoms. The van der Waals surface area contributed by atoms with Crippen LogP contribution < -0.4 is 5.32 Å². The van der Waals surface area contributed by atoms with Gasteiger partial charge in [0.2, 0.25) is 5.91 Å². The summed E-state index contributed by atoms with van der Waals surface area (Å²) in [6.07, 6.45) is 5.89. The largest absolute Gasteiger partial charge is 0.396 e. The van der Waals surface area contributed by atoms with E-state index in [4.69, 9.17) is 5.11 Å². The molecule has 2 N–H and O–H groups in total. The maximum absolute atomic E-state index is 12.0. The van der Waals surface area contributed by atoms with Crippen molar-refractivity contribution in [1.82, 2.24) is 10.2 Å². The fraction of sp³-hybridized carbons (Fsp3) is 0.857. The lowest BCUT2D eigenvalue weighted by Crippen LogP contribution is -2.55. The van der Waals surface area contributed by atoms with Gasteiger partial charge in [-0.2, -0.15) is 5.26 Å². The van der Waals surface area contributed by atoms with Gasteiger partial charge in [-0.25, -0.2) is 0 Å². The molecule has 5 nitrogen and oxygen atoms in total.